The minimum absolute atomic E-state index is 0.306. The molecule has 0 aliphatic heterocycles. The Hall–Kier alpha value is -2.44. The van der Waals surface area contributed by atoms with E-state index in [1.807, 2.05) is 34.9 Å². The van der Waals surface area contributed by atoms with Crippen LogP contribution < -0.4 is 5.10 Å². The number of H-pyrrole nitrogens is 1. The second-order valence-corrected chi connectivity index (χ2v) is 7.92. The average Bonchev–Trinajstić information content (AvgIpc) is 3.27. The van der Waals surface area contributed by atoms with Crippen LogP contribution in [0.5, 0.6) is 0 Å². The molecule has 0 bridgehead atoms. The van der Waals surface area contributed by atoms with Crippen LogP contribution in [0.2, 0.25) is 0 Å². The van der Waals surface area contributed by atoms with E-state index in [0.29, 0.717) is 5.92 Å². The zero-order chi connectivity index (χ0) is 18.4. The summed E-state index contributed by atoms with van der Waals surface area (Å²) >= 11 is 0. The number of aryl methyl sites for hydroxylation is 1. The molecule has 7 nitrogen and oxygen atoms in total. The molecule has 0 aliphatic carbocycles. The molecule has 0 atom stereocenters. The van der Waals surface area contributed by atoms with Crippen molar-refractivity contribution in [1.29, 1.82) is 0 Å². The van der Waals surface area contributed by atoms with E-state index in [4.69, 9.17) is 4.52 Å². The van der Waals surface area contributed by atoms with Gasteiger partial charge in [-0.1, -0.05) is 19.0 Å². The summed E-state index contributed by atoms with van der Waals surface area (Å²) in [5.74, 6) is 1.12. The Kier molecular flexibility index (Phi) is 4.05. The monoisotopic (exact) mass is 343 g/mol. The first kappa shape index (κ1) is 17.4. The third-order valence-electron chi connectivity index (χ3n) is 4.88. The first-order chi connectivity index (χ1) is 11.6. The lowest BCUT2D eigenvalue weighted by Crippen LogP contribution is -2.37. The summed E-state index contributed by atoms with van der Waals surface area (Å²) in [6.45, 7) is 12.6. The van der Waals surface area contributed by atoms with Crippen LogP contribution in [0.25, 0.3) is 0 Å². The molecule has 0 aromatic carbocycles. The Morgan fingerprint density at radius 3 is 2.48 bits per heavy atom. The number of rotatable bonds is 5. The first-order valence-corrected chi connectivity index (χ1v) is 8.56. The number of hydrogen-bond acceptors (Lipinski definition) is 4. The highest BCUT2D eigenvalue weighted by atomic mass is 16.5. The van der Waals surface area contributed by atoms with Gasteiger partial charge in [0.25, 0.3) is 0 Å². The van der Waals surface area contributed by atoms with Crippen LogP contribution in [0.3, 0.4) is 0 Å². The van der Waals surface area contributed by atoms with Crippen molar-refractivity contribution in [2.75, 3.05) is 0 Å². The van der Waals surface area contributed by atoms with Gasteiger partial charge in [-0.15, -0.1) is 0 Å². The van der Waals surface area contributed by atoms with Crippen molar-refractivity contribution >= 4 is 0 Å². The summed E-state index contributed by atoms with van der Waals surface area (Å²) in [6.07, 6.45) is 5.60. The Morgan fingerprint density at radius 2 is 1.92 bits per heavy atom. The Morgan fingerprint density at radius 1 is 1.20 bits per heavy atom. The second kappa shape index (κ2) is 5.82. The van der Waals surface area contributed by atoms with Gasteiger partial charge in [0.2, 0.25) is 5.69 Å². The van der Waals surface area contributed by atoms with E-state index in [1.54, 1.807) is 6.33 Å². The number of hydrogen-bond donors (Lipinski definition) is 0. The summed E-state index contributed by atoms with van der Waals surface area (Å²) < 4.78 is 7.73. The number of aromatic nitrogens is 6. The van der Waals surface area contributed by atoms with E-state index in [0.717, 1.165) is 22.8 Å². The molecule has 7 heteroatoms. The molecule has 134 valence electrons. The van der Waals surface area contributed by atoms with Gasteiger partial charge in [0, 0.05) is 36.0 Å². The maximum Gasteiger partial charge on any atom is 0.221 e. The fourth-order valence-electron chi connectivity index (χ4n) is 2.92. The predicted molar refractivity (Wildman–Crippen MR) is 93.1 cm³/mol. The van der Waals surface area contributed by atoms with Crippen molar-refractivity contribution in [3.63, 3.8) is 0 Å². The molecular weight excluding hydrogens is 316 g/mol. The maximum absolute atomic E-state index is 5.72. The van der Waals surface area contributed by atoms with Crippen LogP contribution in [-0.4, -0.2) is 24.6 Å². The molecule has 3 heterocycles. The van der Waals surface area contributed by atoms with E-state index in [1.165, 1.54) is 0 Å². The van der Waals surface area contributed by atoms with Gasteiger partial charge in [0.15, 0.2) is 17.5 Å². The van der Waals surface area contributed by atoms with Gasteiger partial charge < -0.3 is 9.09 Å². The van der Waals surface area contributed by atoms with E-state index < -0.39 is 5.54 Å². The molecule has 3 aromatic heterocycles. The van der Waals surface area contributed by atoms with Gasteiger partial charge >= 0.3 is 0 Å². The van der Waals surface area contributed by atoms with Crippen LogP contribution in [0.4, 0.5) is 0 Å². The molecule has 0 spiro atoms. The third-order valence-corrected chi connectivity index (χ3v) is 4.88. The highest BCUT2D eigenvalue weighted by Gasteiger charge is 2.38. The zero-order valence-corrected chi connectivity index (χ0v) is 16.0. The van der Waals surface area contributed by atoms with E-state index in [9.17, 15) is 0 Å². The number of imidazole rings is 1. The minimum Gasteiger partial charge on any atom is -0.358 e. The Labute approximate surface area is 148 Å². The Balaban J connectivity index is 1.96. The lowest BCUT2D eigenvalue weighted by molar-refractivity contribution is -0.508. The van der Waals surface area contributed by atoms with Gasteiger partial charge in [0.1, 0.15) is 0 Å². The number of nitrogens with zero attached hydrogens (tertiary/aromatic N) is 5. The molecule has 0 saturated carbocycles. The topological polar surface area (TPSA) is 75.8 Å². The highest BCUT2D eigenvalue weighted by Crippen LogP contribution is 2.33. The van der Waals surface area contributed by atoms with Gasteiger partial charge in [-0.05, 0) is 32.5 Å². The SMILES string of the molecule is CC(C)c1c[nH+]n(C(C)(C)c2cc(C(C)(C)c3cncn3C)no2)n1. The summed E-state index contributed by atoms with van der Waals surface area (Å²) in [7, 11) is 1.99. The summed E-state index contributed by atoms with van der Waals surface area (Å²) in [5, 5.41) is 12.2. The molecule has 0 aliphatic rings. The van der Waals surface area contributed by atoms with Crippen LogP contribution in [0.15, 0.2) is 29.3 Å². The predicted octanol–water partition coefficient (Wildman–Crippen LogP) is 2.65. The molecule has 0 fully saturated rings. The summed E-state index contributed by atoms with van der Waals surface area (Å²) in [6, 6.07) is 2.01. The van der Waals surface area contributed by atoms with Crippen LogP contribution >= 0.6 is 0 Å². The van der Waals surface area contributed by atoms with Crippen molar-refractivity contribution < 1.29 is 9.62 Å². The van der Waals surface area contributed by atoms with Crippen LogP contribution in [0.1, 0.15) is 70.3 Å². The van der Waals surface area contributed by atoms with Gasteiger partial charge in [0.05, 0.1) is 17.4 Å². The van der Waals surface area contributed by atoms with Crippen molar-refractivity contribution in [1.82, 2.24) is 24.6 Å². The molecule has 0 saturated heterocycles. The largest absolute Gasteiger partial charge is 0.358 e. The molecule has 3 aromatic rings. The molecule has 0 amide bonds. The normalized spacial score (nSPS) is 13.0. The number of aromatic amines is 1. The van der Waals surface area contributed by atoms with E-state index in [2.05, 4.69) is 61.9 Å². The van der Waals surface area contributed by atoms with Gasteiger partial charge in [-0.3, -0.25) is 0 Å². The molecular formula is C18H27N6O+. The number of nitrogens with one attached hydrogen (secondary N) is 1. The quantitative estimate of drug-likeness (QED) is 0.714. The molecule has 1 N–H and O–H groups in total. The zero-order valence-electron chi connectivity index (χ0n) is 16.0. The lowest BCUT2D eigenvalue weighted by Gasteiger charge is -2.22. The van der Waals surface area contributed by atoms with Crippen LogP contribution in [-0.2, 0) is 18.0 Å². The van der Waals surface area contributed by atoms with Crippen LogP contribution in [0, 0.1) is 0 Å². The fraction of sp³-hybridized carbons (Fsp3) is 0.556. The van der Waals surface area contributed by atoms with E-state index in [-0.39, 0.29) is 5.41 Å². The van der Waals surface area contributed by atoms with Crippen molar-refractivity contribution in [3.8, 4) is 0 Å². The fourth-order valence-corrected chi connectivity index (χ4v) is 2.92. The van der Waals surface area contributed by atoms with Crippen molar-refractivity contribution in [3.05, 3.63) is 47.6 Å². The molecule has 0 unspecified atom stereocenters. The van der Waals surface area contributed by atoms with E-state index >= 15 is 0 Å². The molecule has 3 rings (SSSR count). The maximum atomic E-state index is 5.72. The average molecular weight is 343 g/mol. The van der Waals surface area contributed by atoms with Crippen molar-refractivity contribution in [2.45, 2.75) is 58.4 Å². The lowest BCUT2D eigenvalue weighted by atomic mass is 9.85. The molecule has 25 heavy (non-hydrogen) atoms. The third kappa shape index (κ3) is 2.88. The van der Waals surface area contributed by atoms with Gasteiger partial charge in [-0.25, -0.2) is 4.98 Å². The highest BCUT2D eigenvalue weighted by molar-refractivity contribution is 5.29. The molecule has 0 radical (unpaired) electrons. The summed E-state index contributed by atoms with van der Waals surface area (Å²) in [5.41, 5.74) is 2.19. The smallest absolute Gasteiger partial charge is 0.221 e. The standard InChI is InChI=1S/C18H26N6O/c1-12(2)13-9-20-24(21-13)18(5,6)16-8-14(22-25-16)17(3,4)15-10-19-11-23(15)7/h8-12H,1-7H3/p+1. The summed E-state index contributed by atoms with van der Waals surface area (Å²) in [4.78, 5) is 6.04. The Bertz CT molecular complexity index is 868. The second-order valence-electron chi connectivity index (χ2n) is 7.92. The minimum atomic E-state index is -0.471. The van der Waals surface area contributed by atoms with Crippen molar-refractivity contribution in [2.24, 2.45) is 7.05 Å². The van der Waals surface area contributed by atoms with Gasteiger partial charge in [-0.2, -0.15) is 5.10 Å². The first-order valence-electron chi connectivity index (χ1n) is 8.56.